The second kappa shape index (κ2) is 5.30. The molecule has 0 fully saturated rings. The quantitative estimate of drug-likeness (QED) is 0.770. The van der Waals surface area contributed by atoms with Crippen molar-refractivity contribution in [2.75, 3.05) is 5.32 Å². The van der Waals surface area contributed by atoms with Gasteiger partial charge >= 0.3 is 0 Å². The highest BCUT2D eigenvalue weighted by atomic mass is 32.1. The Labute approximate surface area is 120 Å². The third kappa shape index (κ3) is 2.62. The van der Waals surface area contributed by atoms with Crippen molar-refractivity contribution in [2.24, 2.45) is 0 Å². The van der Waals surface area contributed by atoms with Gasteiger partial charge in [0.1, 0.15) is 0 Å². The van der Waals surface area contributed by atoms with E-state index in [1.807, 2.05) is 55.5 Å². The maximum atomic E-state index is 12.0. The molecule has 3 aromatic rings. The maximum absolute atomic E-state index is 12.0. The molecule has 2 N–H and O–H groups in total. The minimum atomic E-state index is -0.130. The highest BCUT2D eigenvalue weighted by molar-refractivity contribution is 7.14. The number of hydrogen-bond donors (Lipinski definition) is 2. The van der Waals surface area contributed by atoms with E-state index in [1.165, 1.54) is 11.3 Å². The summed E-state index contributed by atoms with van der Waals surface area (Å²) in [5, 5.41) is 9.83. The van der Waals surface area contributed by atoms with E-state index >= 15 is 0 Å². The van der Waals surface area contributed by atoms with Crippen molar-refractivity contribution in [3.63, 3.8) is 0 Å². The van der Waals surface area contributed by atoms with Crippen LogP contribution in [-0.2, 0) is 0 Å². The van der Waals surface area contributed by atoms with Gasteiger partial charge in [-0.1, -0.05) is 30.3 Å². The molecular formula is C15H13N3OS. The number of nitrogens with zero attached hydrogens (tertiary/aromatic N) is 1. The molecule has 1 aromatic carbocycles. The standard InChI is InChI=1S/C15H13N3OS/c1-10-7-8-13(20-10)15(19)16-14-9-12(17-18-14)11-5-3-2-4-6-11/h2-9H,1H3,(H2,16,17,18,19). The number of anilines is 1. The van der Waals surface area contributed by atoms with E-state index in [0.717, 1.165) is 16.1 Å². The molecule has 2 aromatic heterocycles. The monoisotopic (exact) mass is 283 g/mol. The van der Waals surface area contributed by atoms with Crippen molar-refractivity contribution in [2.45, 2.75) is 6.92 Å². The first-order valence-corrected chi connectivity index (χ1v) is 7.02. The summed E-state index contributed by atoms with van der Waals surface area (Å²) >= 11 is 1.47. The Morgan fingerprint density at radius 2 is 2.00 bits per heavy atom. The Balaban J connectivity index is 1.76. The Kier molecular flexibility index (Phi) is 3.35. The van der Waals surface area contributed by atoms with Crippen LogP contribution in [0.2, 0.25) is 0 Å². The van der Waals surface area contributed by atoms with Crippen LogP contribution in [0.5, 0.6) is 0 Å². The van der Waals surface area contributed by atoms with E-state index in [1.54, 1.807) is 0 Å². The summed E-state index contributed by atoms with van der Waals surface area (Å²) in [4.78, 5) is 13.8. The normalized spacial score (nSPS) is 10.4. The van der Waals surface area contributed by atoms with Gasteiger partial charge in [-0.15, -0.1) is 11.3 Å². The van der Waals surface area contributed by atoms with Gasteiger partial charge in [-0.2, -0.15) is 5.10 Å². The average molecular weight is 283 g/mol. The number of nitrogens with one attached hydrogen (secondary N) is 2. The van der Waals surface area contributed by atoms with Gasteiger partial charge in [-0.05, 0) is 24.6 Å². The minimum Gasteiger partial charge on any atom is -0.304 e. The van der Waals surface area contributed by atoms with Crippen molar-refractivity contribution in [1.29, 1.82) is 0 Å². The largest absolute Gasteiger partial charge is 0.304 e. The van der Waals surface area contributed by atoms with Gasteiger partial charge in [0.05, 0.1) is 10.6 Å². The van der Waals surface area contributed by atoms with E-state index in [2.05, 4.69) is 15.5 Å². The first kappa shape index (κ1) is 12.6. The van der Waals surface area contributed by atoms with Crippen molar-refractivity contribution in [3.05, 3.63) is 58.3 Å². The maximum Gasteiger partial charge on any atom is 0.266 e. The lowest BCUT2D eigenvalue weighted by atomic mass is 10.2. The van der Waals surface area contributed by atoms with E-state index in [0.29, 0.717) is 10.7 Å². The number of amides is 1. The Bertz CT molecular complexity index is 730. The molecule has 4 nitrogen and oxygen atoms in total. The molecule has 0 bridgehead atoms. The topological polar surface area (TPSA) is 57.8 Å². The van der Waals surface area contributed by atoms with Gasteiger partial charge in [-0.25, -0.2) is 0 Å². The molecule has 0 unspecified atom stereocenters. The molecule has 0 aliphatic rings. The molecule has 0 aliphatic heterocycles. The summed E-state index contributed by atoms with van der Waals surface area (Å²) in [6, 6.07) is 15.4. The fourth-order valence-electron chi connectivity index (χ4n) is 1.89. The van der Waals surface area contributed by atoms with Crippen LogP contribution in [0, 0.1) is 6.92 Å². The Hall–Kier alpha value is -2.40. The van der Waals surface area contributed by atoms with Crippen LogP contribution in [0.1, 0.15) is 14.5 Å². The van der Waals surface area contributed by atoms with E-state index in [-0.39, 0.29) is 5.91 Å². The van der Waals surface area contributed by atoms with Gasteiger partial charge in [0.15, 0.2) is 5.82 Å². The summed E-state index contributed by atoms with van der Waals surface area (Å²) in [6.45, 7) is 1.98. The van der Waals surface area contributed by atoms with Crippen molar-refractivity contribution >= 4 is 23.1 Å². The summed E-state index contributed by atoms with van der Waals surface area (Å²) in [5.41, 5.74) is 1.91. The van der Waals surface area contributed by atoms with Crippen LogP contribution in [-0.4, -0.2) is 16.1 Å². The fraction of sp³-hybridized carbons (Fsp3) is 0.0667. The minimum absolute atomic E-state index is 0.130. The molecule has 0 saturated heterocycles. The lowest BCUT2D eigenvalue weighted by Crippen LogP contribution is -2.10. The van der Waals surface area contributed by atoms with Gasteiger partial charge in [-0.3, -0.25) is 9.89 Å². The highest BCUT2D eigenvalue weighted by Gasteiger charge is 2.10. The predicted octanol–water partition coefficient (Wildman–Crippen LogP) is 3.70. The highest BCUT2D eigenvalue weighted by Crippen LogP contribution is 2.20. The molecule has 0 saturated carbocycles. The predicted molar refractivity (Wildman–Crippen MR) is 81.0 cm³/mol. The number of rotatable bonds is 3. The average Bonchev–Trinajstić information content (AvgIpc) is 3.09. The van der Waals surface area contributed by atoms with Gasteiger partial charge < -0.3 is 5.32 Å². The third-order valence-electron chi connectivity index (χ3n) is 2.87. The zero-order chi connectivity index (χ0) is 13.9. The summed E-state index contributed by atoms with van der Waals surface area (Å²) < 4.78 is 0. The number of carbonyl (C=O) groups excluding carboxylic acids is 1. The fourth-order valence-corrected chi connectivity index (χ4v) is 2.65. The number of benzene rings is 1. The zero-order valence-electron chi connectivity index (χ0n) is 10.9. The Morgan fingerprint density at radius 1 is 1.20 bits per heavy atom. The molecule has 20 heavy (non-hydrogen) atoms. The lowest BCUT2D eigenvalue weighted by molar-refractivity contribution is 0.103. The van der Waals surface area contributed by atoms with Crippen molar-refractivity contribution in [1.82, 2.24) is 10.2 Å². The van der Waals surface area contributed by atoms with Crippen molar-refractivity contribution in [3.8, 4) is 11.3 Å². The molecule has 0 aliphatic carbocycles. The van der Waals surface area contributed by atoms with Crippen LogP contribution in [0.25, 0.3) is 11.3 Å². The molecule has 1 amide bonds. The van der Waals surface area contributed by atoms with E-state index in [4.69, 9.17) is 0 Å². The van der Waals surface area contributed by atoms with E-state index in [9.17, 15) is 4.79 Å². The lowest BCUT2D eigenvalue weighted by Gasteiger charge is -1.97. The number of H-pyrrole nitrogens is 1. The second-order valence-corrected chi connectivity index (χ2v) is 5.69. The molecule has 5 heteroatoms. The van der Waals surface area contributed by atoms with Crippen LogP contribution in [0.4, 0.5) is 5.82 Å². The summed E-state index contributed by atoms with van der Waals surface area (Å²) in [5.74, 6) is 0.397. The molecule has 2 heterocycles. The number of aromatic nitrogens is 2. The van der Waals surface area contributed by atoms with Crippen LogP contribution in [0.3, 0.4) is 0 Å². The SMILES string of the molecule is Cc1ccc(C(=O)Nc2cc(-c3ccccc3)[nH]n2)s1. The molecule has 3 rings (SSSR count). The van der Waals surface area contributed by atoms with Gasteiger partial charge in [0.25, 0.3) is 5.91 Å². The molecular weight excluding hydrogens is 270 g/mol. The first-order valence-electron chi connectivity index (χ1n) is 6.21. The second-order valence-electron chi connectivity index (χ2n) is 4.40. The molecule has 100 valence electrons. The molecule has 0 atom stereocenters. The zero-order valence-corrected chi connectivity index (χ0v) is 11.7. The van der Waals surface area contributed by atoms with Crippen LogP contribution < -0.4 is 5.32 Å². The number of hydrogen-bond acceptors (Lipinski definition) is 3. The number of aromatic amines is 1. The summed E-state index contributed by atoms with van der Waals surface area (Å²) in [7, 11) is 0. The van der Waals surface area contributed by atoms with Crippen LogP contribution >= 0.6 is 11.3 Å². The Morgan fingerprint density at radius 3 is 2.70 bits per heavy atom. The van der Waals surface area contributed by atoms with E-state index < -0.39 is 0 Å². The molecule has 0 radical (unpaired) electrons. The number of aryl methyl sites for hydroxylation is 1. The van der Waals surface area contributed by atoms with Crippen LogP contribution in [0.15, 0.2) is 48.5 Å². The van der Waals surface area contributed by atoms with Gasteiger partial charge in [0, 0.05) is 10.9 Å². The number of thiophene rings is 1. The van der Waals surface area contributed by atoms with Crippen molar-refractivity contribution < 1.29 is 4.79 Å². The summed E-state index contributed by atoms with van der Waals surface area (Å²) in [6.07, 6.45) is 0. The first-order chi connectivity index (χ1) is 9.72. The smallest absolute Gasteiger partial charge is 0.266 e. The third-order valence-corrected chi connectivity index (χ3v) is 3.87. The molecule has 0 spiro atoms. The van der Waals surface area contributed by atoms with Gasteiger partial charge in [0.2, 0.25) is 0 Å². The number of carbonyl (C=O) groups is 1.